The van der Waals surface area contributed by atoms with Crippen LogP contribution in [0.2, 0.25) is 0 Å². The van der Waals surface area contributed by atoms with Crippen molar-refractivity contribution in [3.63, 3.8) is 0 Å². The van der Waals surface area contributed by atoms with Gasteiger partial charge in [0.1, 0.15) is 0 Å². The topological polar surface area (TPSA) is 80.4 Å². The highest BCUT2D eigenvalue weighted by atomic mass is 16.6. The molecule has 0 spiro atoms. The van der Waals surface area contributed by atoms with Gasteiger partial charge in [-0.2, -0.15) is 0 Å². The highest BCUT2D eigenvalue weighted by Crippen LogP contribution is 2.31. The summed E-state index contributed by atoms with van der Waals surface area (Å²) in [6.45, 7) is 3.86. The molecule has 0 radical (unpaired) electrons. The van der Waals surface area contributed by atoms with Crippen molar-refractivity contribution in [3.05, 3.63) is 39.9 Å². The molecule has 1 unspecified atom stereocenters. The highest BCUT2D eigenvalue weighted by Gasteiger charge is 2.28. The Morgan fingerprint density at radius 3 is 2.44 bits per heavy atom. The normalized spacial score (nSPS) is 12.4. The van der Waals surface area contributed by atoms with Crippen molar-refractivity contribution >= 4 is 11.7 Å². The summed E-state index contributed by atoms with van der Waals surface area (Å²) in [5.74, 6) is -1.62. The molecule has 1 rings (SSSR count). The lowest BCUT2D eigenvalue weighted by molar-refractivity contribution is -0.384. The predicted octanol–water partition coefficient (Wildman–Crippen LogP) is 3.20. The van der Waals surface area contributed by atoms with Gasteiger partial charge in [0, 0.05) is 12.1 Å². The Balaban J connectivity index is 3.17. The van der Waals surface area contributed by atoms with E-state index in [4.69, 9.17) is 0 Å². The molecule has 0 saturated heterocycles. The van der Waals surface area contributed by atoms with E-state index in [1.807, 2.05) is 13.8 Å². The lowest BCUT2D eigenvalue weighted by Gasteiger charge is -2.21. The first-order valence-corrected chi connectivity index (χ1v) is 5.98. The lowest BCUT2D eigenvalue weighted by Crippen LogP contribution is -2.20. The minimum Gasteiger partial charge on any atom is -0.481 e. The Hall–Kier alpha value is -1.91. The number of carbonyl (C=O) groups is 1. The zero-order valence-corrected chi connectivity index (χ0v) is 10.5. The molecule has 0 aliphatic rings. The average molecular weight is 251 g/mol. The molecule has 0 fully saturated rings. The summed E-state index contributed by atoms with van der Waals surface area (Å²) >= 11 is 0. The molecule has 1 aromatic rings. The molecule has 5 nitrogen and oxygen atoms in total. The third-order valence-corrected chi connectivity index (χ3v) is 3.23. The van der Waals surface area contributed by atoms with Crippen LogP contribution in [-0.2, 0) is 4.79 Å². The minimum atomic E-state index is -0.927. The number of nitro groups is 1. The number of hydrogen-bond donors (Lipinski definition) is 1. The second kappa shape index (κ2) is 6.14. The molecule has 1 atom stereocenters. The Bertz CT molecular complexity index is 440. The summed E-state index contributed by atoms with van der Waals surface area (Å²) < 4.78 is 0. The second-order valence-electron chi connectivity index (χ2n) is 4.24. The Kier molecular flexibility index (Phi) is 4.83. The van der Waals surface area contributed by atoms with Crippen molar-refractivity contribution in [1.82, 2.24) is 0 Å². The summed E-state index contributed by atoms with van der Waals surface area (Å²) in [7, 11) is 0. The van der Waals surface area contributed by atoms with E-state index in [1.165, 1.54) is 18.2 Å². The molecule has 0 aliphatic heterocycles. The molecule has 0 amide bonds. The number of nitrogens with zero attached hydrogens (tertiary/aromatic N) is 1. The van der Waals surface area contributed by atoms with Crippen LogP contribution in [0, 0.1) is 16.0 Å². The largest absolute Gasteiger partial charge is 0.481 e. The van der Waals surface area contributed by atoms with Crippen LogP contribution in [0.1, 0.15) is 38.2 Å². The molecule has 0 aromatic heterocycles. The van der Waals surface area contributed by atoms with E-state index in [-0.39, 0.29) is 11.6 Å². The van der Waals surface area contributed by atoms with Crippen LogP contribution in [0.4, 0.5) is 5.69 Å². The summed E-state index contributed by atoms with van der Waals surface area (Å²) in [5, 5.41) is 20.0. The van der Waals surface area contributed by atoms with Crippen LogP contribution in [-0.4, -0.2) is 16.0 Å². The first-order valence-electron chi connectivity index (χ1n) is 5.98. The van der Waals surface area contributed by atoms with Gasteiger partial charge in [0.2, 0.25) is 0 Å². The third kappa shape index (κ3) is 3.06. The van der Waals surface area contributed by atoms with Crippen molar-refractivity contribution in [2.75, 3.05) is 0 Å². The number of rotatable bonds is 6. The molecular formula is C13H17NO4. The standard InChI is InChI=1S/C13H17NO4/c1-3-9(4-2)12(13(15)16)10-6-5-7-11(8-10)14(17)18/h5-9,12H,3-4H2,1-2H3,(H,15,16). The van der Waals surface area contributed by atoms with Crippen molar-refractivity contribution in [3.8, 4) is 0 Å². The van der Waals surface area contributed by atoms with Crippen molar-refractivity contribution in [1.29, 1.82) is 0 Å². The van der Waals surface area contributed by atoms with Crippen molar-refractivity contribution in [2.45, 2.75) is 32.6 Å². The number of benzene rings is 1. The number of hydrogen-bond acceptors (Lipinski definition) is 3. The smallest absolute Gasteiger partial charge is 0.311 e. The van der Waals surface area contributed by atoms with Crippen LogP contribution in [0.3, 0.4) is 0 Å². The molecular weight excluding hydrogens is 234 g/mol. The lowest BCUT2D eigenvalue weighted by atomic mass is 9.82. The summed E-state index contributed by atoms with van der Waals surface area (Å²) in [6, 6.07) is 5.91. The quantitative estimate of drug-likeness (QED) is 0.621. The first kappa shape index (κ1) is 14.2. The average Bonchev–Trinajstić information content (AvgIpc) is 2.35. The molecule has 98 valence electrons. The number of carboxylic acids is 1. The van der Waals surface area contributed by atoms with Crippen LogP contribution >= 0.6 is 0 Å². The van der Waals surface area contributed by atoms with Crippen molar-refractivity contribution < 1.29 is 14.8 Å². The van der Waals surface area contributed by atoms with Gasteiger partial charge in [-0.05, 0) is 11.5 Å². The van der Waals surface area contributed by atoms with Gasteiger partial charge >= 0.3 is 5.97 Å². The molecule has 0 heterocycles. The van der Waals surface area contributed by atoms with Gasteiger partial charge < -0.3 is 5.11 Å². The predicted molar refractivity (Wildman–Crippen MR) is 67.5 cm³/mol. The molecule has 5 heteroatoms. The van der Waals surface area contributed by atoms with E-state index in [0.29, 0.717) is 5.56 Å². The summed E-state index contributed by atoms with van der Waals surface area (Å²) in [5.41, 5.74) is 0.440. The van der Waals surface area contributed by atoms with Crippen LogP contribution in [0.15, 0.2) is 24.3 Å². The van der Waals surface area contributed by atoms with E-state index in [0.717, 1.165) is 12.8 Å². The number of non-ortho nitro benzene ring substituents is 1. The van der Waals surface area contributed by atoms with Gasteiger partial charge in [-0.1, -0.05) is 38.8 Å². The zero-order valence-electron chi connectivity index (χ0n) is 10.5. The van der Waals surface area contributed by atoms with Gasteiger partial charge in [0.05, 0.1) is 10.8 Å². The maximum absolute atomic E-state index is 11.4. The zero-order chi connectivity index (χ0) is 13.7. The Labute approximate surface area is 106 Å². The number of aliphatic carboxylic acids is 1. The fourth-order valence-electron chi connectivity index (χ4n) is 2.21. The van der Waals surface area contributed by atoms with E-state index >= 15 is 0 Å². The van der Waals surface area contributed by atoms with Gasteiger partial charge in [-0.15, -0.1) is 0 Å². The molecule has 18 heavy (non-hydrogen) atoms. The van der Waals surface area contributed by atoms with Gasteiger partial charge in [0.15, 0.2) is 0 Å². The first-order chi connectivity index (χ1) is 8.51. The molecule has 1 aromatic carbocycles. The molecule has 0 aliphatic carbocycles. The van der Waals surface area contributed by atoms with E-state index < -0.39 is 16.8 Å². The van der Waals surface area contributed by atoms with Gasteiger partial charge in [-0.25, -0.2) is 0 Å². The third-order valence-electron chi connectivity index (χ3n) is 3.23. The van der Waals surface area contributed by atoms with Crippen molar-refractivity contribution in [2.24, 2.45) is 5.92 Å². The van der Waals surface area contributed by atoms with Gasteiger partial charge in [-0.3, -0.25) is 14.9 Å². The maximum atomic E-state index is 11.4. The van der Waals surface area contributed by atoms with Crippen LogP contribution < -0.4 is 0 Å². The fourth-order valence-corrected chi connectivity index (χ4v) is 2.21. The van der Waals surface area contributed by atoms with E-state index in [1.54, 1.807) is 6.07 Å². The van der Waals surface area contributed by atoms with Crippen LogP contribution in [0.25, 0.3) is 0 Å². The van der Waals surface area contributed by atoms with Gasteiger partial charge in [0.25, 0.3) is 5.69 Å². The summed E-state index contributed by atoms with van der Waals surface area (Å²) in [6.07, 6.45) is 1.46. The monoisotopic (exact) mass is 251 g/mol. The Morgan fingerprint density at radius 2 is 2.00 bits per heavy atom. The Morgan fingerprint density at radius 1 is 1.39 bits per heavy atom. The van der Waals surface area contributed by atoms with Crippen LogP contribution in [0.5, 0.6) is 0 Å². The van der Waals surface area contributed by atoms with E-state index in [2.05, 4.69) is 0 Å². The minimum absolute atomic E-state index is 0.00972. The number of nitro benzene ring substituents is 1. The maximum Gasteiger partial charge on any atom is 0.311 e. The summed E-state index contributed by atoms with van der Waals surface area (Å²) in [4.78, 5) is 21.6. The second-order valence-corrected chi connectivity index (χ2v) is 4.24. The molecule has 0 saturated carbocycles. The molecule has 0 bridgehead atoms. The molecule has 1 N–H and O–H groups in total. The number of carboxylic acid groups (broad SMARTS) is 1. The fraction of sp³-hybridized carbons (Fsp3) is 0.462. The van der Waals surface area contributed by atoms with E-state index in [9.17, 15) is 20.0 Å². The highest BCUT2D eigenvalue weighted by molar-refractivity contribution is 5.76. The SMILES string of the molecule is CCC(CC)C(C(=O)O)c1cccc([N+](=O)[O-])c1.